The predicted octanol–water partition coefficient (Wildman–Crippen LogP) is -0.582. The minimum absolute atomic E-state index is 0.473. The Hall–Kier alpha value is -2.18. The summed E-state index contributed by atoms with van der Waals surface area (Å²) >= 11 is 0. The van der Waals surface area contributed by atoms with Crippen LogP contribution in [0.25, 0.3) is 0 Å². The van der Waals surface area contributed by atoms with E-state index in [1.807, 2.05) is 0 Å². The average Bonchev–Trinajstić information content (AvgIpc) is 2.13. The van der Waals surface area contributed by atoms with Crippen LogP contribution in [0.1, 0.15) is 6.92 Å². The lowest BCUT2D eigenvalue weighted by Gasteiger charge is -2.02. The molecule has 1 unspecified atom stereocenters. The maximum Gasteiger partial charge on any atom is 0.338 e. The van der Waals surface area contributed by atoms with Gasteiger partial charge in [0.05, 0.1) is 0 Å². The molecule has 0 heterocycles. The van der Waals surface area contributed by atoms with E-state index in [4.69, 9.17) is 10.2 Å². The second kappa shape index (κ2) is 5.53. The lowest BCUT2D eigenvalue weighted by Crippen LogP contribution is -2.24. The molecular weight excluding hydrogens is 208 g/mol. The van der Waals surface area contributed by atoms with Crippen molar-refractivity contribution in [3.05, 3.63) is 12.2 Å². The quantitative estimate of drug-likeness (QED) is 0.366. The van der Waals surface area contributed by atoms with Crippen molar-refractivity contribution in [2.24, 2.45) is 5.92 Å². The van der Waals surface area contributed by atoms with Gasteiger partial charge in [-0.3, -0.25) is 9.59 Å². The van der Waals surface area contributed by atoms with E-state index in [1.165, 1.54) is 0 Å². The zero-order chi connectivity index (χ0) is 12.0. The Labute approximate surface area is 84.0 Å². The zero-order valence-electron chi connectivity index (χ0n) is 7.67. The van der Waals surface area contributed by atoms with Gasteiger partial charge in [0.2, 0.25) is 0 Å². The van der Waals surface area contributed by atoms with E-state index in [2.05, 4.69) is 4.74 Å². The van der Waals surface area contributed by atoms with Crippen molar-refractivity contribution in [1.29, 1.82) is 0 Å². The highest BCUT2D eigenvalue weighted by atomic mass is 16.6. The van der Waals surface area contributed by atoms with Gasteiger partial charge in [-0.05, 0) is 6.92 Å². The summed E-state index contributed by atoms with van der Waals surface area (Å²) in [5, 5.41) is 16.5. The predicted molar refractivity (Wildman–Crippen MR) is 44.7 cm³/mol. The highest BCUT2D eigenvalue weighted by Crippen LogP contribution is 1.99. The monoisotopic (exact) mass is 216 g/mol. The highest BCUT2D eigenvalue weighted by molar-refractivity contribution is 6.01. The molecule has 15 heavy (non-hydrogen) atoms. The zero-order valence-corrected chi connectivity index (χ0v) is 7.67. The van der Waals surface area contributed by atoms with E-state index < -0.39 is 29.8 Å². The summed E-state index contributed by atoms with van der Waals surface area (Å²) in [6.07, 6.45) is 0.982. The minimum atomic E-state index is -1.48. The number of rotatable bonds is 4. The molecule has 0 aliphatic rings. The number of carbonyl (C=O) groups is 4. The van der Waals surface area contributed by atoms with E-state index in [0.29, 0.717) is 12.2 Å². The molecule has 0 rings (SSSR count). The van der Waals surface area contributed by atoms with Crippen molar-refractivity contribution in [2.75, 3.05) is 0 Å². The molecule has 0 aromatic rings. The number of hydrogen-bond donors (Lipinski definition) is 2. The molecule has 0 aliphatic carbocycles. The Morgan fingerprint density at radius 1 is 1.13 bits per heavy atom. The summed E-state index contributed by atoms with van der Waals surface area (Å²) in [6.45, 7) is 1.04. The summed E-state index contributed by atoms with van der Waals surface area (Å²) < 4.78 is 4.02. The first-order valence-corrected chi connectivity index (χ1v) is 3.74. The molecule has 0 aromatic heterocycles. The van der Waals surface area contributed by atoms with Crippen LogP contribution in [-0.4, -0.2) is 34.1 Å². The van der Waals surface area contributed by atoms with Crippen LogP contribution in [0.15, 0.2) is 12.2 Å². The lowest BCUT2D eigenvalue weighted by molar-refractivity contribution is -0.163. The van der Waals surface area contributed by atoms with Crippen LogP contribution in [0.2, 0.25) is 0 Å². The Morgan fingerprint density at radius 3 is 2.07 bits per heavy atom. The van der Waals surface area contributed by atoms with Crippen LogP contribution < -0.4 is 0 Å². The minimum Gasteiger partial charge on any atom is -0.481 e. The average molecular weight is 216 g/mol. The molecule has 0 aromatic carbocycles. The fourth-order valence-corrected chi connectivity index (χ4v) is 0.462. The number of carbonyl (C=O) groups excluding carboxylic acids is 2. The molecule has 1 atom stereocenters. The normalized spacial score (nSPS) is 12.1. The van der Waals surface area contributed by atoms with Crippen molar-refractivity contribution >= 4 is 23.9 Å². The van der Waals surface area contributed by atoms with Crippen molar-refractivity contribution < 1.29 is 34.1 Å². The molecule has 0 fully saturated rings. The van der Waals surface area contributed by atoms with Crippen molar-refractivity contribution in [1.82, 2.24) is 0 Å². The molecule has 7 nitrogen and oxygen atoms in total. The summed E-state index contributed by atoms with van der Waals surface area (Å²) in [5.74, 6) is -6.77. The number of hydrogen-bond acceptors (Lipinski definition) is 5. The fourth-order valence-electron chi connectivity index (χ4n) is 0.462. The second-order valence-electron chi connectivity index (χ2n) is 2.47. The van der Waals surface area contributed by atoms with Crippen LogP contribution in [-0.2, 0) is 23.9 Å². The van der Waals surface area contributed by atoms with Gasteiger partial charge in [-0.25, -0.2) is 9.59 Å². The first-order valence-electron chi connectivity index (χ1n) is 3.74. The third kappa shape index (κ3) is 5.19. The third-order valence-corrected chi connectivity index (χ3v) is 1.29. The molecule has 0 bridgehead atoms. The number of ether oxygens (including phenoxy) is 1. The van der Waals surface area contributed by atoms with Gasteiger partial charge in [0.1, 0.15) is 0 Å². The van der Waals surface area contributed by atoms with Gasteiger partial charge in [-0.15, -0.1) is 0 Å². The topological polar surface area (TPSA) is 118 Å². The molecule has 0 amide bonds. The third-order valence-electron chi connectivity index (χ3n) is 1.29. The van der Waals surface area contributed by atoms with Crippen LogP contribution in [0.3, 0.4) is 0 Å². The number of aliphatic carboxylic acids is 2. The summed E-state index contributed by atoms with van der Waals surface area (Å²) in [7, 11) is 0. The standard InChI is InChI=1S/C8H8O7/c1-4(7(12)13)8(14)15-6(11)3-2-5(9)10/h2-4H,1H3,(H,9,10)(H,12,13)/b3-2+. The molecule has 7 heteroatoms. The van der Waals surface area contributed by atoms with Crippen LogP contribution >= 0.6 is 0 Å². The van der Waals surface area contributed by atoms with Crippen LogP contribution in [0, 0.1) is 5.92 Å². The molecule has 0 saturated heterocycles. The summed E-state index contributed by atoms with van der Waals surface area (Å²) in [5.41, 5.74) is 0. The smallest absolute Gasteiger partial charge is 0.338 e. The van der Waals surface area contributed by atoms with Gasteiger partial charge >= 0.3 is 23.9 Å². The number of esters is 2. The SMILES string of the molecule is CC(C(=O)O)C(=O)OC(=O)/C=C/C(=O)O. The molecule has 2 N–H and O–H groups in total. The Kier molecular flexibility index (Phi) is 4.73. The Bertz CT molecular complexity index is 328. The maximum absolute atomic E-state index is 10.8. The highest BCUT2D eigenvalue weighted by Gasteiger charge is 2.23. The molecule has 0 aliphatic heterocycles. The van der Waals surface area contributed by atoms with Gasteiger partial charge in [-0.1, -0.05) is 0 Å². The van der Waals surface area contributed by atoms with Crippen LogP contribution in [0.5, 0.6) is 0 Å². The van der Waals surface area contributed by atoms with Crippen molar-refractivity contribution in [2.45, 2.75) is 6.92 Å². The van der Waals surface area contributed by atoms with Crippen molar-refractivity contribution in [3.8, 4) is 0 Å². The fraction of sp³-hybridized carbons (Fsp3) is 0.250. The number of carboxylic acids is 2. The van der Waals surface area contributed by atoms with Gasteiger partial charge in [0.15, 0.2) is 5.92 Å². The summed E-state index contributed by atoms with van der Waals surface area (Å²) in [6, 6.07) is 0. The van der Waals surface area contributed by atoms with E-state index in [0.717, 1.165) is 6.92 Å². The Morgan fingerprint density at radius 2 is 1.67 bits per heavy atom. The molecular formula is C8H8O7. The maximum atomic E-state index is 10.8. The van der Waals surface area contributed by atoms with Gasteiger partial charge in [0.25, 0.3) is 0 Å². The molecule has 0 radical (unpaired) electrons. The largest absolute Gasteiger partial charge is 0.481 e. The van der Waals surface area contributed by atoms with Crippen LogP contribution in [0.4, 0.5) is 0 Å². The van der Waals surface area contributed by atoms with E-state index in [1.54, 1.807) is 0 Å². The first kappa shape index (κ1) is 12.8. The first-order chi connectivity index (χ1) is 6.84. The summed E-state index contributed by atoms with van der Waals surface area (Å²) in [4.78, 5) is 41.8. The molecule has 82 valence electrons. The van der Waals surface area contributed by atoms with Gasteiger partial charge < -0.3 is 14.9 Å². The van der Waals surface area contributed by atoms with E-state index >= 15 is 0 Å². The van der Waals surface area contributed by atoms with E-state index in [9.17, 15) is 19.2 Å². The van der Waals surface area contributed by atoms with Gasteiger partial charge in [0, 0.05) is 12.2 Å². The van der Waals surface area contributed by atoms with Gasteiger partial charge in [-0.2, -0.15) is 0 Å². The lowest BCUT2D eigenvalue weighted by atomic mass is 10.2. The molecule has 0 spiro atoms. The number of carboxylic acid groups (broad SMARTS) is 2. The van der Waals surface area contributed by atoms with Crippen molar-refractivity contribution in [3.63, 3.8) is 0 Å². The van der Waals surface area contributed by atoms with E-state index in [-0.39, 0.29) is 0 Å². The Balaban J connectivity index is 4.25. The molecule has 0 saturated carbocycles. The second-order valence-corrected chi connectivity index (χ2v) is 2.47.